The van der Waals surface area contributed by atoms with Gasteiger partial charge in [-0.05, 0) is 47.7 Å². The fourth-order valence-corrected chi connectivity index (χ4v) is 1.21. The third-order valence-corrected chi connectivity index (χ3v) is 1.86. The molecule has 0 radical (unpaired) electrons. The maximum atomic E-state index is 12.8. The quantitative estimate of drug-likeness (QED) is 0.748. The van der Waals surface area contributed by atoms with Gasteiger partial charge in [0.1, 0.15) is 0 Å². The molecule has 0 fully saturated rings. The van der Waals surface area contributed by atoms with Crippen LogP contribution in [0, 0.1) is 9.39 Å². The van der Waals surface area contributed by atoms with E-state index in [9.17, 15) is 4.39 Å². The van der Waals surface area contributed by atoms with Gasteiger partial charge in [-0.25, -0.2) is 4.39 Å². The molecule has 1 aromatic rings. The molecule has 0 heterocycles. The largest absolute Gasteiger partial charge is 0.491 e. The molecule has 1 nitrogen and oxygen atoms in total. The molecule has 0 aliphatic carbocycles. The van der Waals surface area contributed by atoms with Crippen LogP contribution in [0.15, 0.2) is 18.2 Å². The van der Waals surface area contributed by atoms with E-state index in [0.717, 1.165) is 3.57 Å². The number of ether oxygens (including phenoxy) is 1. The fraction of sp³-hybridized carbons (Fsp3) is 0.250. The van der Waals surface area contributed by atoms with Crippen molar-refractivity contribution in [1.29, 1.82) is 0 Å². The van der Waals surface area contributed by atoms with E-state index in [2.05, 4.69) is 22.6 Å². The standard InChI is InChI=1S/C8H8FIO/c1-2-11-8-5-6(10)3-4-7(8)9/h3-5H,2H2,1H3. The van der Waals surface area contributed by atoms with Crippen molar-refractivity contribution >= 4 is 22.6 Å². The van der Waals surface area contributed by atoms with E-state index < -0.39 is 0 Å². The molecule has 0 bridgehead atoms. The summed E-state index contributed by atoms with van der Waals surface area (Å²) in [5, 5.41) is 0. The Morgan fingerprint density at radius 1 is 1.55 bits per heavy atom. The molecule has 0 amide bonds. The van der Waals surface area contributed by atoms with Crippen LogP contribution in [0.1, 0.15) is 6.92 Å². The van der Waals surface area contributed by atoms with E-state index in [0.29, 0.717) is 12.4 Å². The minimum Gasteiger partial charge on any atom is -0.491 e. The predicted molar refractivity (Wildman–Crippen MR) is 50.3 cm³/mol. The number of benzene rings is 1. The second-order valence-corrected chi connectivity index (χ2v) is 3.25. The van der Waals surface area contributed by atoms with Crippen molar-refractivity contribution in [2.75, 3.05) is 6.61 Å². The van der Waals surface area contributed by atoms with Gasteiger partial charge in [0.2, 0.25) is 0 Å². The van der Waals surface area contributed by atoms with Crippen LogP contribution in [0.2, 0.25) is 0 Å². The van der Waals surface area contributed by atoms with E-state index >= 15 is 0 Å². The lowest BCUT2D eigenvalue weighted by Crippen LogP contribution is -1.94. The minimum atomic E-state index is -0.299. The first kappa shape index (κ1) is 8.77. The van der Waals surface area contributed by atoms with Crippen molar-refractivity contribution < 1.29 is 9.13 Å². The Hall–Kier alpha value is -0.320. The van der Waals surface area contributed by atoms with Gasteiger partial charge < -0.3 is 4.74 Å². The summed E-state index contributed by atoms with van der Waals surface area (Å²) in [6, 6.07) is 4.80. The Morgan fingerprint density at radius 2 is 2.27 bits per heavy atom. The molecule has 0 N–H and O–H groups in total. The third-order valence-electron chi connectivity index (χ3n) is 1.19. The molecular formula is C8H8FIO. The van der Waals surface area contributed by atoms with Gasteiger partial charge in [0.05, 0.1) is 6.61 Å². The second-order valence-electron chi connectivity index (χ2n) is 2.01. The Labute approximate surface area is 78.7 Å². The van der Waals surface area contributed by atoms with Gasteiger partial charge in [-0.2, -0.15) is 0 Å². The number of hydrogen-bond acceptors (Lipinski definition) is 1. The molecule has 1 aromatic carbocycles. The summed E-state index contributed by atoms with van der Waals surface area (Å²) >= 11 is 2.12. The van der Waals surface area contributed by atoms with Crippen molar-refractivity contribution in [3.63, 3.8) is 0 Å². The summed E-state index contributed by atoms with van der Waals surface area (Å²) in [6.07, 6.45) is 0. The molecule has 0 saturated carbocycles. The zero-order chi connectivity index (χ0) is 8.27. The molecule has 1 rings (SSSR count). The summed E-state index contributed by atoms with van der Waals surface area (Å²) in [7, 11) is 0. The Kier molecular flexibility index (Phi) is 3.11. The Bertz CT molecular complexity index is 250. The number of halogens is 2. The highest BCUT2D eigenvalue weighted by Gasteiger charge is 2.01. The van der Waals surface area contributed by atoms with Gasteiger partial charge in [0.25, 0.3) is 0 Å². The zero-order valence-electron chi connectivity index (χ0n) is 6.10. The zero-order valence-corrected chi connectivity index (χ0v) is 8.26. The van der Waals surface area contributed by atoms with E-state index in [-0.39, 0.29) is 5.82 Å². The van der Waals surface area contributed by atoms with Crippen molar-refractivity contribution in [1.82, 2.24) is 0 Å². The highest BCUT2D eigenvalue weighted by molar-refractivity contribution is 14.1. The van der Waals surface area contributed by atoms with Crippen molar-refractivity contribution in [2.24, 2.45) is 0 Å². The molecule has 0 spiro atoms. The topological polar surface area (TPSA) is 9.23 Å². The molecule has 11 heavy (non-hydrogen) atoms. The molecule has 0 atom stereocenters. The van der Waals surface area contributed by atoms with Crippen LogP contribution in [-0.4, -0.2) is 6.61 Å². The van der Waals surface area contributed by atoms with Crippen molar-refractivity contribution in [3.05, 3.63) is 27.6 Å². The van der Waals surface area contributed by atoms with E-state index in [1.54, 1.807) is 12.1 Å². The van der Waals surface area contributed by atoms with E-state index in [4.69, 9.17) is 4.74 Å². The summed E-state index contributed by atoms with van der Waals surface area (Å²) < 4.78 is 18.8. The van der Waals surface area contributed by atoms with Crippen LogP contribution in [-0.2, 0) is 0 Å². The summed E-state index contributed by atoms with van der Waals surface area (Å²) in [5.74, 6) is 0.0340. The van der Waals surface area contributed by atoms with Crippen LogP contribution in [0.25, 0.3) is 0 Å². The second kappa shape index (κ2) is 3.90. The van der Waals surface area contributed by atoms with Crippen LogP contribution < -0.4 is 4.74 Å². The molecular weight excluding hydrogens is 258 g/mol. The molecule has 0 saturated heterocycles. The third kappa shape index (κ3) is 2.32. The Balaban J connectivity index is 2.93. The molecule has 3 heteroatoms. The predicted octanol–water partition coefficient (Wildman–Crippen LogP) is 2.83. The molecule has 0 unspecified atom stereocenters. The van der Waals surface area contributed by atoms with Gasteiger partial charge in [0, 0.05) is 3.57 Å². The SMILES string of the molecule is CCOc1cc(I)ccc1F. The first-order chi connectivity index (χ1) is 5.24. The van der Waals surface area contributed by atoms with Gasteiger partial charge in [-0.15, -0.1) is 0 Å². The first-order valence-electron chi connectivity index (χ1n) is 3.32. The summed E-state index contributed by atoms with van der Waals surface area (Å²) in [5.41, 5.74) is 0. The average molecular weight is 266 g/mol. The lowest BCUT2D eigenvalue weighted by molar-refractivity contribution is 0.321. The minimum absolute atomic E-state index is 0.299. The van der Waals surface area contributed by atoms with Crippen LogP contribution in [0.5, 0.6) is 5.75 Å². The number of hydrogen-bond donors (Lipinski definition) is 0. The van der Waals surface area contributed by atoms with Crippen molar-refractivity contribution in [2.45, 2.75) is 6.92 Å². The monoisotopic (exact) mass is 266 g/mol. The molecule has 60 valence electrons. The van der Waals surface area contributed by atoms with Crippen LogP contribution in [0.4, 0.5) is 4.39 Å². The van der Waals surface area contributed by atoms with Crippen molar-refractivity contribution in [3.8, 4) is 5.75 Å². The first-order valence-corrected chi connectivity index (χ1v) is 4.39. The summed E-state index contributed by atoms with van der Waals surface area (Å²) in [6.45, 7) is 2.33. The fourth-order valence-electron chi connectivity index (χ4n) is 0.743. The smallest absolute Gasteiger partial charge is 0.165 e. The van der Waals surface area contributed by atoms with Crippen LogP contribution >= 0.6 is 22.6 Å². The molecule has 0 aromatic heterocycles. The molecule has 0 aliphatic heterocycles. The average Bonchev–Trinajstić information content (AvgIpc) is 1.98. The highest BCUT2D eigenvalue weighted by atomic mass is 127. The van der Waals surface area contributed by atoms with Gasteiger partial charge >= 0.3 is 0 Å². The molecule has 0 aliphatic rings. The van der Waals surface area contributed by atoms with E-state index in [1.807, 2.05) is 6.92 Å². The normalized spacial score (nSPS) is 9.73. The maximum Gasteiger partial charge on any atom is 0.165 e. The van der Waals surface area contributed by atoms with Gasteiger partial charge in [0.15, 0.2) is 11.6 Å². The Morgan fingerprint density at radius 3 is 2.91 bits per heavy atom. The van der Waals surface area contributed by atoms with E-state index in [1.165, 1.54) is 6.07 Å². The highest BCUT2D eigenvalue weighted by Crippen LogP contribution is 2.19. The summed E-state index contributed by atoms with van der Waals surface area (Å²) in [4.78, 5) is 0. The van der Waals surface area contributed by atoms with Gasteiger partial charge in [-0.1, -0.05) is 0 Å². The lowest BCUT2D eigenvalue weighted by Gasteiger charge is -2.03. The van der Waals surface area contributed by atoms with Crippen LogP contribution in [0.3, 0.4) is 0 Å². The van der Waals surface area contributed by atoms with Gasteiger partial charge in [-0.3, -0.25) is 0 Å². The lowest BCUT2D eigenvalue weighted by atomic mass is 10.3. The maximum absolute atomic E-state index is 12.8. The number of rotatable bonds is 2.